The fourth-order valence-corrected chi connectivity index (χ4v) is 7.80. The topological polar surface area (TPSA) is 219 Å². The molecule has 0 aromatic heterocycles. The lowest BCUT2D eigenvalue weighted by molar-refractivity contribution is -0.152. The fourth-order valence-electron chi connectivity index (χ4n) is 7.80. The molecule has 1 amide bonds. The second-order valence-electron chi connectivity index (χ2n) is 14.3. The number of carbonyl (C=O) groups excluding carboxylic acids is 3. The first-order valence-electron chi connectivity index (χ1n) is 18.0. The van der Waals surface area contributed by atoms with Crippen LogP contribution in [0.1, 0.15) is 126 Å². The molecule has 50 heavy (non-hydrogen) atoms. The number of phenols is 1. The monoisotopic (exact) mass is 700 g/mol. The Morgan fingerprint density at radius 1 is 0.880 bits per heavy atom. The predicted molar refractivity (Wildman–Crippen MR) is 187 cm³/mol. The molecule has 8 N–H and O–H groups in total. The molecule has 0 aliphatic heterocycles. The number of nitrogens with two attached hydrogens (primary N) is 1. The van der Waals surface area contributed by atoms with Crippen molar-refractivity contribution in [1.82, 2.24) is 4.90 Å². The number of benzene rings is 1. The standard InChI is InChI=1S/C22H24N2O8.C16H32O2/c1-21(31)8-5-4-6-11(25)12(8)16(26)13-9(21)7-10-15(24(2)3)17(27)14(20(23)30)19(29)22(10,32)18(13)28;1-2-3-4-5-6-7-8-9-10-11-12-13-14-15-16(17)18/h4-6,9-10,15,25,27-28,31-32H,7H2,1-3H3,(H2,23,30);2-15H2,1H3,(H,17,18)/t9-,10-,15-,21+,22-;/m0./s1. The highest BCUT2D eigenvalue weighted by atomic mass is 16.4. The van der Waals surface area contributed by atoms with Gasteiger partial charge in [0.2, 0.25) is 5.78 Å². The van der Waals surface area contributed by atoms with Crippen LogP contribution in [0.2, 0.25) is 0 Å². The maximum atomic E-state index is 13.3. The van der Waals surface area contributed by atoms with Gasteiger partial charge in [-0.2, -0.15) is 0 Å². The summed E-state index contributed by atoms with van der Waals surface area (Å²) >= 11 is 0. The average molecular weight is 701 g/mol. The number of carboxylic acids is 1. The number of aliphatic carboxylic acids is 1. The number of likely N-dealkylation sites (N-methyl/N-ethyl adjacent to an activating group) is 1. The van der Waals surface area contributed by atoms with Crippen molar-refractivity contribution >= 4 is 23.4 Å². The van der Waals surface area contributed by atoms with E-state index >= 15 is 0 Å². The molecule has 0 unspecified atom stereocenters. The molecule has 4 rings (SSSR count). The number of aromatic hydroxyl groups is 1. The minimum Gasteiger partial charge on any atom is -0.510 e. The maximum Gasteiger partial charge on any atom is 0.303 e. The lowest BCUT2D eigenvalue weighted by atomic mass is 9.55. The Morgan fingerprint density at radius 2 is 1.40 bits per heavy atom. The number of aliphatic hydroxyl groups excluding tert-OH is 2. The number of hydrogen-bond acceptors (Lipinski definition) is 10. The van der Waals surface area contributed by atoms with Gasteiger partial charge in [0.15, 0.2) is 11.4 Å². The van der Waals surface area contributed by atoms with E-state index in [4.69, 9.17) is 10.8 Å². The highest BCUT2D eigenvalue weighted by Crippen LogP contribution is 2.56. The van der Waals surface area contributed by atoms with E-state index in [9.17, 15) is 44.7 Å². The van der Waals surface area contributed by atoms with Crippen LogP contribution in [0.15, 0.2) is 40.9 Å². The number of aliphatic hydroxyl groups is 4. The van der Waals surface area contributed by atoms with E-state index in [0.717, 1.165) is 12.8 Å². The molecule has 0 saturated carbocycles. The van der Waals surface area contributed by atoms with Gasteiger partial charge in [-0.3, -0.25) is 24.1 Å². The van der Waals surface area contributed by atoms with E-state index in [1.54, 1.807) is 0 Å². The molecule has 0 fully saturated rings. The highest BCUT2D eigenvalue weighted by molar-refractivity contribution is 6.24. The van der Waals surface area contributed by atoms with Crippen LogP contribution in [0.25, 0.3) is 0 Å². The molecule has 278 valence electrons. The van der Waals surface area contributed by atoms with Crippen LogP contribution in [0, 0.1) is 11.8 Å². The third-order valence-corrected chi connectivity index (χ3v) is 10.5. The summed E-state index contributed by atoms with van der Waals surface area (Å²) < 4.78 is 0. The third-order valence-electron chi connectivity index (χ3n) is 10.5. The van der Waals surface area contributed by atoms with E-state index < -0.39 is 80.9 Å². The number of Topliss-reactive ketones (excluding diaryl/α,β-unsaturated/α-hetero) is 2. The Bertz CT molecular complexity index is 1480. The molecule has 3 aliphatic rings. The number of hydrogen-bond donors (Lipinski definition) is 7. The van der Waals surface area contributed by atoms with Crippen LogP contribution >= 0.6 is 0 Å². The van der Waals surface area contributed by atoms with Gasteiger partial charge in [-0.1, -0.05) is 96.1 Å². The zero-order valence-corrected chi connectivity index (χ0v) is 29.9. The first kappa shape index (κ1) is 40.7. The van der Waals surface area contributed by atoms with E-state index in [1.165, 1.54) is 115 Å². The smallest absolute Gasteiger partial charge is 0.303 e. The van der Waals surface area contributed by atoms with E-state index in [1.807, 2.05) is 0 Å². The molecule has 0 radical (unpaired) electrons. The predicted octanol–water partition coefficient (Wildman–Crippen LogP) is 5.34. The average Bonchev–Trinajstić information content (AvgIpc) is 3.03. The fraction of sp³-hybridized carbons (Fsp3) is 0.632. The second kappa shape index (κ2) is 17.5. The molecule has 1 aromatic rings. The van der Waals surface area contributed by atoms with Gasteiger partial charge >= 0.3 is 5.97 Å². The molecule has 0 heterocycles. The number of primary amides is 1. The second-order valence-corrected chi connectivity index (χ2v) is 14.3. The first-order chi connectivity index (χ1) is 23.5. The molecule has 0 saturated heterocycles. The number of ketones is 2. The number of amides is 1. The van der Waals surface area contributed by atoms with Gasteiger partial charge in [-0.05, 0) is 45.5 Å². The zero-order chi connectivity index (χ0) is 37.4. The van der Waals surface area contributed by atoms with Crippen LogP contribution in [0.5, 0.6) is 5.75 Å². The Morgan fingerprint density at radius 3 is 1.88 bits per heavy atom. The lowest BCUT2D eigenvalue weighted by Gasteiger charge is -2.52. The van der Waals surface area contributed by atoms with E-state index in [-0.39, 0.29) is 17.5 Å². The van der Waals surface area contributed by atoms with Crippen molar-refractivity contribution in [2.45, 2.75) is 127 Å². The van der Waals surface area contributed by atoms with Crippen LogP contribution in [-0.2, 0) is 20.0 Å². The van der Waals surface area contributed by atoms with Crippen molar-refractivity contribution in [1.29, 1.82) is 0 Å². The van der Waals surface area contributed by atoms with Crippen molar-refractivity contribution in [3.8, 4) is 5.75 Å². The molecular formula is C38H56N2O10. The van der Waals surface area contributed by atoms with Gasteiger partial charge in [0, 0.05) is 23.8 Å². The van der Waals surface area contributed by atoms with Gasteiger partial charge in [-0.25, -0.2) is 0 Å². The van der Waals surface area contributed by atoms with Crippen LogP contribution in [-0.4, -0.2) is 84.7 Å². The summed E-state index contributed by atoms with van der Waals surface area (Å²) in [6.45, 7) is 3.66. The molecular weight excluding hydrogens is 644 g/mol. The SMILES string of the molecule is CCCCCCCCCCCCCCCC(=O)O.CN(C)[C@@H]1C(O)=C(C(N)=O)C(=O)[C@@]2(O)C(O)=C3C(=O)c4c(O)cccc4[C@@](C)(O)[C@H]3C[C@@H]12. The quantitative estimate of drug-likeness (QED) is 0.0862. The summed E-state index contributed by atoms with van der Waals surface area (Å²) in [7, 11) is 3.06. The van der Waals surface area contributed by atoms with Gasteiger partial charge in [0.25, 0.3) is 5.91 Å². The lowest BCUT2D eigenvalue weighted by Crippen LogP contribution is -2.65. The van der Waals surface area contributed by atoms with Gasteiger partial charge in [-0.15, -0.1) is 0 Å². The van der Waals surface area contributed by atoms with Crippen LogP contribution in [0.4, 0.5) is 0 Å². The minimum absolute atomic E-state index is 0.135. The van der Waals surface area contributed by atoms with E-state index in [0.29, 0.717) is 6.42 Å². The number of nitrogens with zero attached hydrogens (tertiary/aromatic N) is 1. The molecule has 5 atom stereocenters. The Labute approximate surface area is 294 Å². The van der Waals surface area contributed by atoms with E-state index in [2.05, 4.69) is 6.92 Å². The van der Waals surface area contributed by atoms with Crippen LogP contribution < -0.4 is 5.73 Å². The van der Waals surface area contributed by atoms with Crippen molar-refractivity contribution in [2.75, 3.05) is 14.1 Å². The van der Waals surface area contributed by atoms with Crippen molar-refractivity contribution in [3.63, 3.8) is 0 Å². The van der Waals surface area contributed by atoms with Crippen molar-refractivity contribution < 1.29 is 49.8 Å². The summed E-state index contributed by atoms with van der Waals surface area (Å²) in [5, 5.41) is 63.5. The molecule has 0 spiro atoms. The maximum absolute atomic E-state index is 13.3. The largest absolute Gasteiger partial charge is 0.510 e. The van der Waals surface area contributed by atoms with Crippen molar-refractivity contribution in [3.05, 3.63) is 52.0 Å². The van der Waals surface area contributed by atoms with Gasteiger partial charge in [0.05, 0.1) is 17.2 Å². The number of carboxylic acid groups (broad SMARTS) is 1. The first-order valence-corrected chi connectivity index (χ1v) is 18.0. The Balaban J connectivity index is 0.000000322. The Kier molecular flexibility index (Phi) is 14.2. The normalized spacial score (nSPS) is 25.9. The summed E-state index contributed by atoms with van der Waals surface area (Å²) in [4.78, 5) is 50.2. The van der Waals surface area contributed by atoms with Gasteiger partial charge in [0.1, 0.15) is 22.8 Å². The number of unbranched alkanes of at least 4 members (excludes halogenated alkanes) is 12. The minimum atomic E-state index is -2.75. The summed E-state index contributed by atoms with van der Waals surface area (Å²) in [5.74, 6) is -8.55. The number of carbonyl (C=O) groups is 4. The number of fused-ring (bicyclic) bond motifs is 3. The molecule has 12 nitrogen and oxygen atoms in total. The summed E-state index contributed by atoms with van der Waals surface area (Å²) in [5.41, 5.74) is -0.654. The Hall–Kier alpha value is -3.74. The summed E-state index contributed by atoms with van der Waals surface area (Å²) in [6, 6.07) is 3.05. The third kappa shape index (κ3) is 8.41. The van der Waals surface area contributed by atoms with Crippen molar-refractivity contribution in [2.24, 2.45) is 17.6 Å². The highest BCUT2D eigenvalue weighted by Gasteiger charge is 2.65. The molecule has 0 bridgehead atoms. The molecule has 1 aromatic carbocycles. The molecule has 3 aliphatic carbocycles. The zero-order valence-electron chi connectivity index (χ0n) is 29.9. The number of rotatable bonds is 16. The molecule has 12 heteroatoms. The van der Waals surface area contributed by atoms with Crippen LogP contribution in [0.3, 0.4) is 0 Å². The number of phenolic OH excluding ortho intramolecular Hbond substituents is 1. The summed E-state index contributed by atoms with van der Waals surface area (Å²) in [6.07, 6.45) is 17.1. The van der Waals surface area contributed by atoms with Gasteiger partial charge < -0.3 is 36.4 Å².